The van der Waals surface area contributed by atoms with E-state index in [2.05, 4.69) is 17.4 Å². The fourth-order valence-corrected chi connectivity index (χ4v) is 4.19. The lowest BCUT2D eigenvalue weighted by atomic mass is 9.98. The molecule has 1 amide bonds. The first-order valence-corrected chi connectivity index (χ1v) is 10.4. The number of hydrogen-bond donors (Lipinski definition) is 2. The number of ether oxygens (including phenoxy) is 1. The third kappa shape index (κ3) is 4.62. The molecule has 4 rings (SSSR count). The first-order chi connectivity index (χ1) is 15.5. The number of nitriles is 1. The molecule has 0 radical (unpaired) electrons. The number of carboxylic acids is 1. The number of alkyl carbamates (subject to hydrolysis) is 1. The van der Waals surface area contributed by atoms with Gasteiger partial charge in [0, 0.05) is 12.0 Å². The summed E-state index contributed by atoms with van der Waals surface area (Å²) >= 11 is 0. The Morgan fingerprint density at radius 3 is 2.12 bits per heavy atom. The Hall–Kier alpha value is -4.11. The number of carboxylic acid groups (broad SMARTS) is 1. The third-order valence-electron chi connectivity index (χ3n) is 5.65. The molecule has 0 saturated heterocycles. The van der Waals surface area contributed by atoms with E-state index in [1.807, 2.05) is 42.5 Å². The Balaban J connectivity index is 1.42. The first kappa shape index (κ1) is 21.1. The van der Waals surface area contributed by atoms with Crippen LogP contribution in [0.5, 0.6) is 0 Å². The number of amides is 1. The SMILES string of the molecule is N#Cc1ccc(CC(CC(=O)O)NC(=O)OCC2c3ccccc3-c3ccccc32)cc1. The Morgan fingerprint density at radius 1 is 0.969 bits per heavy atom. The summed E-state index contributed by atoms with van der Waals surface area (Å²) in [6, 6.07) is 24.4. The summed E-state index contributed by atoms with van der Waals surface area (Å²) in [6.45, 7) is 0.163. The molecule has 0 bridgehead atoms. The molecule has 2 N–H and O–H groups in total. The number of rotatable bonds is 7. The van der Waals surface area contributed by atoms with Gasteiger partial charge in [0.15, 0.2) is 0 Å². The number of nitrogens with one attached hydrogen (secondary N) is 1. The van der Waals surface area contributed by atoms with Crippen LogP contribution in [0, 0.1) is 11.3 Å². The van der Waals surface area contributed by atoms with Crippen LogP contribution in [-0.2, 0) is 16.0 Å². The van der Waals surface area contributed by atoms with E-state index in [-0.39, 0.29) is 18.9 Å². The fourth-order valence-electron chi connectivity index (χ4n) is 4.19. The van der Waals surface area contributed by atoms with Crippen LogP contribution in [-0.4, -0.2) is 29.8 Å². The normalized spacial score (nSPS) is 12.8. The second kappa shape index (κ2) is 9.36. The average Bonchev–Trinajstić information content (AvgIpc) is 3.11. The molecule has 1 aliphatic carbocycles. The van der Waals surface area contributed by atoms with Crippen molar-refractivity contribution in [1.82, 2.24) is 5.32 Å². The van der Waals surface area contributed by atoms with E-state index in [9.17, 15) is 14.7 Å². The maximum atomic E-state index is 12.5. The number of carbonyl (C=O) groups excluding carboxylic acids is 1. The van der Waals surface area contributed by atoms with Gasteiger partial charge in [0.2, 0.25) is 0 Å². The lowest BCUT2D eigenvalue weighted by molar-refractivity contribution is -0.137. The minimum Gasteiger partial charge on any atom is -0.481 e. The molecule has 160 valence electrons. The van der Waals surface area contributed by atoms with Crippen molar-refractivity contribution < 1.29 is 19.4 Å². The van der Waals surface area contributed by atoms with E-state index in [1.165, 1.54) is 0 Å². The van der Waals surface area contributed by atoms with Crippen LogP contribution in [0.2, 0.25) is 0 Å². The van der Waals surface area contributed by atoms with Crippen molar-refractivity contribution in [3.8, 4) is 17.2 Å². The maximum Gasteiger partial charge on any atom is 0.407 e. The predicted molar refractivity (Wildman–Crippen MR) is 119 cm³/mol. The number of hydrogen-bond acceptors (Lipinski definition) is 4. The van der Waals surface area contributed by atoms with Crippen LogP contribution in [0.1, 0.15) is 34.6 Å². The molecular weight excluding hydrogens is 404 g/mol. The van der Waals surface area contributed by atoms with Gasteiger partial charge in [0.25, 0.3) is 0 Å². The molecule has 32 heavy (non-hydrogen) atoms. The standard InChI is InChI=1S/C26H22N2O4/c27-15-18-11-9-17(10-12-18)13-19(14-25(29)30)28-26(31)32-16-24-22-7-3-1-5-20(22)21-6-2-4-8-23(21)24/h1-12,19,24H,13-14,16H2,(H,28,31)(H,29,30). The van der Waals surface area contributed by atoms with E-state index < -0.39 is 18.1 Å². The van der Waals surface area contributed by atoms with Crippen LogP contribution >= 0.6 is 0 Å². The van der Waals surface area contributed by atoms with Crippen LogP contribution in [0.4, 0.5) is 4.79 Å². The van der Waals surface area contributed by atoms with Crippen molar-refractivity contribution in [2.24, 2.45) is 0 Å². The van der Waals surface area contributed by atoms with E-state index in [0.29, 0.717) is 12.0 Å². The molecule has 6 heteroatoms. The Morgan fingerprint density at radius 2 is 1.56 bits per heavy atom. The second-order valence-corrected chi connectivity index (χ2v) is 7.78. The lowest BCUT2D eigenvalue weighted by Gasteiger charge is -2.19. The summed E-state index contributed by atoms with van der Waals surface area (Å²) in [5.74, 6) is -1.08. The van der Waals surface area contributed by atoms with Gasteiger partial charge in [-0.05, 0) is 46.4 Å². The van der Waals surface area contributed by atoms with Crippen molar-refractivity contribution >= 4 is 12.1 Å². The Labute approximate surface area is 186 Å². The highest BCUT2D eigenvalue weighted by Gasteiger charge is 2.29. The van der Waals surface area contributed by atoms with Gasteiger partial charge in [0.1, 0.15) is 6.61 Å². The monoisotopic (exact) mass is 426 g/mol. The first-order valence-electron chi connectivity index (χ1n) is 10.4. The van der Waals surface area contributed by atoms with E-state index >= 15 is 0 Å². The maximum absolute atomic E-state index is 12.5. The zero-order chi connectivity index (χ0) is 22.5. The number of aliphatic carboxylic acids is 1. The molecule has 3 aromatic carbocycles. The Kier molecular flexibility index (Phi) is 6.18. The summed E-state index contributed by atoms with van der Waals surface area (Å²) < 4.78 is 5.54. The summed E-state index contributed by atoms with van der Waals surface area (Å²) in [6.07, 6.45) is -0.557. The van der Waals surface area contributed by atoms with Gasteiger partial charge in [-0.15, -0.1) is 0 Å². The van der Waals surface area contributed by atoms with Crippen molar-refractivity contribution in [2.75, 3.05) is 6.61 Å². The molecule has 0 spiro atoms. The van der Waals surface area contributed by atoms with E-state index in [1.54, 1.807) is 24.3 Å². The number of nitrogens with zero attached hydrogens (tertiary/aromatic N) is 1. The Bertz CT molecular complexity index is 1140. The minimum absolute atomic E-state index is 0.0652. The smallest absolute Gasteiger partial charge is 0.407 e. The number of carbonyl (C=O) groups is 2. The lowest BCUT2D eigenvalue weighted by Crippen LogP contribution is -2.39. The minimum atomic E-state index is -1.01. The van der Waals surface area contributed by atoms with Crippen molar-refractivity contribution in [1.29, 1.82) is 5.26 Å². The van der Waals surface area contributed by atoms with Crippen molar-refractivity contribution in [3.63, 3.8) is 0 Å². The third-order valence-corrected chi connectivity index (χ3v) is 5.65. The van der Waals surface area contributed by atoms with Crippen LogP contribution in [0.25, 0.3) is 11.1 Å². The van der Waals surface area contributed by atoms with E-state index in [4.69, 9.17) is 10.00 Å². The van der Waals surface area contributed by atoms with Gasteiger partial charge < -0.3 is 15.2 Å². The summed E-state index contributed by atoms with van der Waals surface area (Å²) in [5.41, 5.74) is 5.85. The summed E-state index contributed by atoms with van der Waals surface area (Å²) in [5, 5.41) is 20.9. The van der Waals surface area contributed by atoms with Gasteiger partial charge in [0.05, 0.1) is 18.1 Å². The van der Waals surface area contributed by atoms with E-state index in [0.717, 1.165) is 27.8 Å². The molecule has 0 aliphatic heterocycles. The molecule has 1 aliphatic rings. The quantitative estimate of drug-likeness (QED) is 0.580. The highest BCUT2D eigenvalue weighted by molar-refractivity contribution is 5.79. The van der Waals surface area contributed by atoms with Crippen LogP contribution in [0.3, 0.4) is 0 Å². The molecule has 1 atom stereocenters. The van der Waals surface area contributed by atoms with Gasteiger partial charge in [-0.25, -0.2) is 4.79 Å². The van der Waals surface area contributed by atoms with Gasteiger partial charge in [-0.3, -0.25) is 4.79 Å². The summed E-state index contributed by atoms with van der Waals surface area (Å²) in [7, 11) is 0. The zero-order valence-corrected chi connectivity index (χ0v) is 17.3. The zero-order valence-electron chi connectivity index (χ0n) is 17.3. The average molecular weight is 426 g/mol. The van der Waals surface area contributed by atoms with Gasteiger partial charge in [-0.2, -0.15) is 5.26 Å². The molecule has 0 heterocycles. The largest absolute Gasteiger partial charge is 0.481 e. The molecule has 0 saturated carbocycles. The van der Waals surface area contributed by atoms with Crippen molar-refractivity contribution in [3.05, 3.63) is 95.1 Å². The fraction of sp³-hybridized carbons (Fsp3) is 0.192. The second-order valence-electron chi connectivity index (χ2n) is 7.78. The highest BCUT2D eigenvalue weighted by Crippen LogP contribution is 2.44. The predicted octanol–water partition coefficient (Wildman–Crippen LogP) is 4.48. The molecule has 0 aromatic heterocycles. The topological polar surface area (TPSA) is 99.4 Å². The molecule has 3 aromatic rings. The number of benzene rings is 3. The van der Waals surface area contributed by atoms with Gasteiger partial charge >= 0.3 is 12.1 Å². The molecule has 6 nitrogen and oxygen atoms in total. The molecular formula is C26H22N2O4. The number of fused-ring (bicyclic) bond motifs is 3. The highest BCUT2D eigenvalue weighted by atomic mass is 16.5. The van der Waals surface area contributed by atoms with Crippen LogP contribution in [0.15, 0.2) is 72.8 Å². The molecule has 0 fully saturated rings. The molecule has 1 unspecified atom stereocenters. The van der Waals surface area contributed by atoms with Crippen molar-refractivity contribution in [2.45, 2.75) is 24.8 Å². The van der Waals surface area contributed by atoms with Gasteiger partial charge in [-0.1, -0.05) is 60.7 Å². The van der Waals surface area contributed by atoms with Crippen LogP contribution < -0.4 is 5.32 Å². The summed E-state index contributed by atoms with van der Waals surface area (Å²) in [4.78, 5) is 23.8.